The van der Waals surface area contributed by atoms with Crippen LogP contribution in [0.4, 0.5) is 29.1 Å². The minimum Gasteiger partial charge on any atom is -0.325 e. The monoisotopic (exact) mass is 425 g/mol. The molecule has 11 heteroatoms. The van der Waals surface area contributed by atoms with E-state index in [4.69, 9.17) is 11.6 Å². The van der Waals surface area contributed by atoms with Crippen LogP contribution in [0.1, 0.15) is 16.1 Å². The molecule has 0 radical (unpaired) electrons. The highest BCUT2D eigenvalue weighted by atomic mass is 35.5. The number of hydrogen-bond acceptors (Lipinski definition) is 3. The second-order valence-electron chi connectivity index (χ2n) is 5.70. The molecule has 2 aromatic carbocycles. The van der Waals surface area contributed by atoms with Crippen molar-refractivity contribution in [3.63, 3.8) is 0 Å². The average Bonchev–Trinajstić information content (AvgIpc) is 3.10. The number of aliphatic imine (C=N–C) groups is 1. The van der Waals surface area contributed by atoms with Gasteiger partial charge in [-0.05, 0) is 30.3 Å². The molecule has 0 saturated heterocycles. The first-order valence-electron chi connectivity index (χ1n) is 8.01. The standard InChI is InChI=1S/C18H12ClF4N5O/c19-11-6-12(20)8-13(7-11)24-17(26-16(29)10-4-2-1-3-5-10)25-15-9-14(27-28-15)18(21,22)23/h1-9H,(H3,24,25,26,27,28,29). The summed E-state index contributed by atoms with van der Waals surface area (Å²) in [6, 6.07) is 12.2. The SMILES string of the molecule is O=C(NC(=Nc1cc(C(F)(F)F)[nH]n1)Nc1cc(F)cc(Cl)c1)c1ccccc1. The summed E-state index contributed by atoms with van der Waals surface area (Å²) in [5, 5.41) is 10.4. The van der Waals surface area contributed by atoms with Gasteiger partial charge in [0.1, 0.15) is 11.5 Å². The molecule has 0 saturated carbocycles. The van der Waals surface area contributed by atoms with Crippen molar-refractivity contribution in [3.8, 4) is 0 Å². The molecule has 1 amide bonds. The van der Waals surface area contributed by atoms with E-state index in [1.807, 2.05) is 5.10 Å². The van der Waals surface area contributed by atoms with E-state index in [0.717, 1.165) is 12.1 Å². The quantitative estimate of drug-likeness (QED) is 0.322. The molecular formula is C18H12ClF4N5O. The molecule has 150 valence electrons. The number of carbonyl (C=O) groups excluding carboxylic acids is 1. The number of carbonyl (C=O) groups is 1. The Labute approximate surface area is 166 Å². The molecule has 29 heavy (non-hydrogen) atoms. The van der Waals surface area contributed by atoms with Crippen molar-refractivity contribution in [3.05, 3.63) is 76.7 Å². The Balaban J connectivity index is 1.92. The van der Waals surface area contributed by atoms with Crippen LogP contribution in [-0.4, -0.2) is 22.1 Å². The highest BCUT2D eigenvalue weighted by Gasteiger charge is 2.33. The summed E-state index contributed by atoms with van der Waals surface area (Å²) in [6.07, 6.45) is -4.64. The van der Waals surface area contributed by atoms with Crippen molar-refractivity contribution >= 4 is 35.0 Å². The summed E-state index contributed by atoms with van der Waals surface area (Å²) in [6.45, 7) is 0. The Kier molecular flexibility index (Phi) is 5.83. The molecule has 3 N–H and O–H groups in total. The van der Waals surface area contributed by atoms with Gasteiger partial charge in [-0.25, -0.2) is 4.39 Å². The summed E-state index contributed by atoms with van der Waals surface area (Å²) in [7, 11) is 0. The zero-order chi connectivity index (χ0) is 21.0. The van der Waals surface area contributed by atoms with Gasteiger partial charge >= 0.3 is 6.18 Å². The van der Waals surface area contributed by atoms with E-state index in [0.29, 0.717) is 6.07 Å². The number of H-pyrrole nitrogens is 1. The molecule has 3 aromatic rings. The Hall–Kier alpha value is -3.40. The van der Waals surface area contributed by atoms with E-state index in [1.165, 1.54) is 18.2 Å². The third kappa shape index (κ3) is 5.55. The maximum atomic E-state index is 13.6. The Morgan fingerprint density at radius 1 is 1.10 bits per heavy atom. The van der Waals surface area contributed by atoms with Gasteiger partial charge in [0, 0.05) is 22.3 Å². The maximum Gasteiger partial charge on any atom is 0.432 e. The molecule has 3 rings (SSSR count). The number of hydrogen-bond donors (Lipinski definition) is 3. The van der Waals surface area contributed by atoms with Gasteiger partial charge in [-0.3, -0.25) is 15.2 Å². The normalized spacial score (nSPS) is 12.0. The predicted octanol–water partition coefficient (Wildman–Crippen LogP) is 4.75. The number of nitrogens with one attached hydrogen (secondary N) is 3. The van der Waals surface area contributed by atoms with Gasteiger partial charge in [0.2, 0.25) is 5.96 Å². The lowest BCUT2D eigenvalue weighted by Gasteiger charge is -2.11. The smallest absolute Gasteiger partial charge is 0.325 e. The minimum absolute atomic E-state index is 0.0698. The highest BCUT2D eigenvalue weighted by Crippen LogP contribution is 2.29. The topological polar surface area (TPSA) is 82.2 Å². The van der Waals surface area contributed by atoms with Crippen molar-refractivity contribution < 1.29 is 22.4 Å². The summed E-state index contributed by atoms with van der Waals surface area (Å²) in [4.78, 5) is 16.3. The van der Waals surface area contributed by atoms with Crippen LogP contribution in [0.5, 0.6) is 0 Å². The number of alkyl halides is 3. The molecule has 0 aliphatic carbocycles. The van der Waals surface area contributed by atoms with Crippen LogP contribution in [0.25, 0.3) is 0 Å². The van der Waals surface area contributed by atoms with E-state index in [1.54, 1.807) is 18.2 Å². The molecule has 0 fully saturated rings. The van der Waals surface area contributed by atoms with Crippen molar-refractivity contribution in [1.82, 2.24) is 15.5 Å². The molecular weight excluding hydrogens is 414 g/mol. The van der Waals surface area contributed by atoms with Gasteiger partial charge in [0.15, 0.2) is 5.82 Å². The predicted molar refractivity (Wildman–Crippen MR) is 99.6 cm³/mol. The van der Waals surface area contributed by atoms with Crippen molar-refractivity contribution in [2.24, 2.45) is 4.99 Å². The van der Waals surface area contributed by atoms with E-state index in [2.05, 4.69) is 20.7 Å². The van der Waals surface area contributed by atoms with Gasteiger partial charge in [0.25, 0.3) is 5.91 Å². The van der Waals surface area contributed by atoms with Crippen molar-refractivity contribution in [1.29, 1.82) is 0 Å². The molecule has 0 aliphatic heterocycles. The van der Waals surface area contributed by atoms with Crippen LogP contribution < -0.4 is 10.6 Å². The summed E-state index contributed by atoms with van der Waals surface area (Å²) < 4.78 is 51.8. The number of anilines is 1. The van der Waals surface area contributed by atoms with Crippen LogP contribution in [0, 0.1) is 5.82 Å². The number of aromatic amines is 1. The second-order valence-corrected chi connectivity index (χ2v) is 6.14. The largest absolute Gasteiger partial charge is 0.432 e. The molecule has 0 unspecified atom stereocenters. The first-order chi connectivity index (χ1) is 13.7. The molecule has 1 heterocycles. The van der Waals surface area contributed by atoms with Crippen LogP contribution in [0.2, 0.25) is 5.02 Å². The fraction of sp³-hybridized carbons (Fsp3) is 0.0556. The van der Waals surface area contributed by atoms with Crippen LogP contribution >= 0.6 is 11.6 Å². The average molecular weight is 426 g/mol. The molecule has 1 aromatic heterocycles. The highest BCUT2D eigenvalue weighted by molar-refractivity contribution is 6.31. The Morgan fingerprint density at radius 2 is 1.83 bits per heavy atom. The maximum absolute atomic E-state index is 13.6. The molecule has 0 aliphatic rings. The third-order valence-electron chi connectivity index (χ3n) is 3.49. The Bertz CT molecular complexity index is 1030. The van der Waals surface area contributed by atoms with Gasteiger partial charge in [0.05, 0.1) is 0 Å². The van der Waals surface area contributed by atoms with Gasteiger partial charge in [-0.2, -0.15) is 23.3 Å². The van der Waals surface area contributed by atoms with Gasteiger partial charge in [-0.15, -0.1) is 0 Å². The van der Waals surface area contributed by atoms with Gasteiger partial charge < -0.3 is 5.32 Å². The van der Waals surface area contributed by atoms with Crippen LogP contribution in [0.15, 0.2) is 59.6 Å². The number of amides is 1. The lowest BCUT2D eigenvalue weighted by Crippen LogP contribution is -2.35. The minimum atomic E-state index is -4.64. The molecule has 0 spiro atoms. The molecule has 0 bridgehead atoms. The third-order valence-corrected chi connectivity index (χ3v) is 3.71. The fourth-order valence-electron chi connectivity index (χ4n) is 2.25. The number of aromatic nitrogens is 2. The van der Waals surface area contributed by atoms with E-state index in [9.17, 15) is 22.4 Å². The van der Waals surface area contributed by atoms with E-state index in [-0.39, 0.29) is 28.1 Å². The number of rotatable bonds is 3. The second kappa shape index (κ2) is 8.31. The van der Waals surface area contributed by atoms with Crippen molar-refractivity contribution in [2.45, 2.75) is 6.18 Å². The summed E-state index contributed by atoms with van der Waals surface area (Å²) >= 11 is 5.80. The first-order valence-corrected chi connectivity index (χ1v) is 8.39. The first kappa shape index (κ1) is 20.3. The molecule has 0 atom stereocenters. The zero-order valence-electron chi connectivity index (χ0n) is 14.4. The lowest BCUT2D eigenvalue weighted by molar-refractivity contribution is -0.141. The summed E-state index contributed by atoms with van der Waals surface area (Å²) in [5.74, 6) is -1.88. The number of guanidine groups is 1. The zero-order valence-corrected chi connectivity index (χ0v) is 15.1. The molecule has 6 nitrogen and oxygen atoms in total. The number of nitrogens with zero attached hydrogens (tertiary/aromatic N) is 2. The van der Waals surface area contributed by atoms with E-state index >= 15 is 0 Å². The van der Waals surface area contributed by atoms with E-state index < -0.39 is 23.6 Å². The van der Waals surface area contributed by atoms with Crippen LogP contribution in [-0.2, 0) is 6.18 Å². The fourth-order valence-corrected chi connectivity index (χ4v) is 2.47. The number of halogens is 5. The Morgan fingerprint density at radius 3 is 2.45 bits per heavy atom. The van der Waals surface area contributed by atoms with Crippen molar-refractivity contribution in [2.75, 3.05) is 5.32 Å². The van der Waals surface area contributed by atoms with Crippen LogP contribution in [0.3, 0.4) is 0 Å². The lowest BCUT2D eigenvalue weighted by atomic mass is 10.2. The number of benzene rings is 2. The van der Waals surface area contributed by atoms with Gasteiger partial charge in [-0.1, -0.05) is 29.8 Å². The summed E-state index contributed by atoms with van der Waals surface area (Å²) in [5.41, 5.74) is -0.718.